The number of hydrogen-bond acceptors (Lipinski definition) is 3. The van der Waals surface area contributed by atoms with E-state index in [1.165, 1.54) is 6.07 Å². The normalized spacial score (nSPS) is 13.7. The molecule has 0 unspecified atom stereocenters. The highest BCUT2D eigenvalue weighted by molar-refractivity contribution is 5.94. The van der Waals surface area contributed by atoms with Crippen molar-refractivity contribution in [3.8, 4) is 0 Å². The Morgan fingerprint density at radius 1 is 1.04 bits per heavy atom. The third-order valence-electron chi connectivity index (χ3n) is 4.61. The van der Waals surface area contributed by atoms with Gasteiger partial charge in [-0.05, 0) is 52.0 Å². The van der Waals surface area contributed by atoms with Crippen molar-refractivity contribution in [1.82, 2.24) is 14.9 Å². The van der Waals surface area contributed by atoms with Crippen molar-refractivity contribution in [3.63, 3.8) is 0 Å². The number of nitrogens with zero attached hydrogens (tertiary/aromatic N) is 2. The van der Waals surface area contributed by atoms with E-state index in [0.29, 0.717) is 0 Å². The fraction of sp³-hybridized carbons (Fsp3) is 0.333. The minimum absolute atomic E-state index is 0.194. The summed E-state index contributed by atoms with van der Waals surface area (Å²) in [5, 5.41) is 5.83. The zero-order valence-electron chi connectivity index (χ0n) is 16.3. The van der Waals surface area contributed by atoms with Gasteiger partial charge >= 0.3 is 0 Å². The number of imidazole rings is 1. The van der Waals surface area contributed by atoms with E-state index >= 15 is 0 Å². The Morgan fingerprint density at radius 3 is 2.43 bits per heavy atom. The summed E-state index contributed by atoms with van der Waals surface area (Å²) in [5.74, 6) is -1.46. The van der Waals surface area contributed by atoms with Crippen LogP contribution in [0.1, 0.15) is 45.6 Å². The summed E-state index contributed by atoms with van der Waals surface area (Å²) >= 11 is 0. The van der Waals surface area contributed by atoms with Crippen LogP contribution >= 0.6 is 0 Å². The van der Waals surface area contributed by atoms with Crippen LogP contribution in [-0.2, 0) is 4.79 Å². The highest BCUT2D eigenvalue weighted by atomic mass is 19.2. The van der Waals surface area contributed by atoms with Gasteiger partial charge in [-0.3, -0.25) is 10.1 Å². The molecule has 2 aromatic carbocycles. The van der Waals surface area contributed by atoms with Gasteiger partial charge in [0.2, 0.25) is 5.91 Å². The second-order valence-corrected chi connectivity index (χ2v) is 7.15. The number of aromatic nitrogens is 2. The first kappa shape index (κ1) is 19.9. The number of amides is 1. The van der Waals surface area contributed by atoms with Gasteiger partial charge in [-0.2, -0.15) is 0 Å². The van der Waals surface area contributed by atoms with Crippen molar-refractivity contribution < 1.29 is 13.6 Å². The van der Waals surface area contributed by atoms with Crippen molar-refractivity contribution >= 4 is 22.6 Å². The molecule has 0 aliphatic rings. The van der Waals surface area contributed by atoms with Gasteiger partial charge in [0.25, 0.3) is 0 Å². The Labute approximate surface area is 162 Å². The Hall–Kier alpha value is -2.80. The molecule has 2 atom stereocenters. The number of carbonyl (C=O) groups excluding carboxylic acids is 1. The van der Waals surface area contributed by atoms with Crippen LogP contribution in [0.15, 0.2) is 42.5 Å². The van der Waals surface area contributed by atoms with Gasteiger partial charge in [-0.15, -0.1) is 0 Å². The Morgan fingerprint density at radius 2 is 1.75 bits per heavy atom. The SMILES string of the molecule is CC(C)n1c([C@@H](C)N[C@@H](C)C(=O)Nc2ccc(F)c(F)c2)nc2ccccc21. The summed E-state index contributed by atoms with van der Waals surface area (Å²) in [4.78, 5) is 17.2. The molecule has 0 radical (unpaired) electrons. The predicted octanol–water partition coefficient (Wildman–Crippen LogP) is 4.57. The first-order valence-electron chi connectivity index (χ1n) is 9.26. The zero-order valence-corrected chi connectivity index (χ0v) is 16.3. The maximum Gasteiger partial charge on any atom is 0.241 e. The van der Waals surface area contributed by atoms with Crippen molar-refractivity contribution in [2.24, 2.45) is 0 Å². The minimum atomic E-state index is -1.00. The average molecular weight is 386 g/mol. The van der Waals surface area contributed by atoms with E-state index < -0.39 is 17.7 Å². The molecule has 7 heteroatoms. The van der Waals surface area contributed by atoms with Gasteiger partial charge in [-0.1, -0.05) is 12.1 Å². The highest BCUT2D eigenvalue weighted by Crippen LogP contribution is 2.25. The van der Waals surface area contributed by atoms with E-state index in [-0.39, 0.29) is 23.7 Å². The molecule has 0 spiro atoms. The minimum Gasteiger partial charge on any atom is -0.325 e. The van der Waals surface area contributed by atoms with Crippen LogP contribution in [0, 0.1) is 11.6 Å². The molecule has 0 bridgehead atoms. The number of para-hydroxylation sites is 2. The van der Waals surface area contributed by atoms with Crippen LogP contribution in [0.3, 0.4) is 0 Å². The van der Waals surface area contributed by atoms with Crippen molar-refractivity contribution in [2.75, 3.05) is 5.32 Å². The monoisotopic (exact) mass is 386 g/mol. The van der Waals surface area contributed by atoms with E-state index in [9.17, 15) is 13.6 Å². The van der Waals surface area contributed by atoms with Gasteiger partial charge in [0.1, 0.15) is 5.82 Å². The standard InChI is InChI=1S/C21H24F2N4O/c1-12(2)27-19-8-6-5-7-18(19)26-20(27)13(3)24-14(4)21(28)25-15-9-10-16(22)17(23)11-15/h5-14,24H,1-4H3,(H,25,28)/t13-,14+/m1/s1. The van der Waals surface area contributed by atoms with Crippen LogP contribution in [0.2, 0.25) is 0 Å². The first-order chi connectivity index (χ1) is 13.3. The smallest absolute Gasteiger partial charge is 0.241 e. The van der Waals surface area contributed by atoms with E-state index in [2.05, 4.69) is 29.0 Å². The molecule has 3 aromatic rings. The number of carbonyl (C=O) groups is 1. The van der Waals surface area contributed by atoms with Crippen LogP contribution in [-0.4, -0.2) is 21.5 Å². The maximum absolute atomic E-state index is 13.3. The van der Waals surface area contributed by atoms with E-state index in [4.69, 9.17) is 4.98 Å². The molecule has 5 nitrogen and oxygen atoms in total. The number of rotatable bonds is 6. The molecule has 1 aromatic heterocycles. The van der Waals surface area contributed by atoms with Gasteiger partial charge in [0.15, 0.2) is 11.6 Å². The van der Waals surface area contributed by atoms with E-state index in [1.807, 2.05) is 31.2 Å². The fourth-order valence-electron chi connectivity index (χ4n) is 3.26. The Balaban J connectivity index is 1.75. The first-order valence-corrected chi connectivity index (χ1v) is 9.26. The molecule has 1 heterocycles. The van der Waals surface area contributed by atoms with E-state index in [0.717, 1.165) is 29.0 Å². The number of hydrogen-bond donors (Lipinski definition) is 2. The lowest BCUT2D eigenvalue weighted by Crippen LogP contribution is -2.40. The van der Waals surface area contributed by atoms with Gasteiger partial charge in [0.05, 0.1) is 23.1 Å². The summed E-state index contributed by atoms with van der Waals surface area (Å²) in [6.07, 6.45) is 0. The number of halogens is 2. The quantitative estimate of drug-likeness (QED) is 0.652. The van der Waals surface area contributed by atoms with Crippen LogP contribution in [0.4, 0.5) is 14.5 Å². The topological polar surface area (TPSA) is 59.0 Å². The van der Waals surface area contributed by atoms with E-state index in [1.54, 1.807) is 6.92 Å². The second-order valence-electron chi connectivity index (χ2n) is 7.15. The predicted molar refractivity (Wildman–Crippen MR) is 106 cm³/mol. The summed E-state index contributed by atoms with van der Waals surface area (Å²) in [6.45, 7) is 7.84. The average Bonchev–Trinajstić information content (AvgIpc) is 3.04. The molecular weight excluding hydrogens is 362 g/mol. The molecule has 0 saturated carbocycles. The van der Waals surface area contributed by atoms with Crippen LogP contribution < -0.4 is 10.6 Å². The molecule has 148 valence electrons. The third-order valence-corrected chi connectivity index (χ3v) is 4.61. The molecule has 0 aliphatic heterocycles. The molecule has 1 amide bonds. The lowest BCUT2D eigenvalue weighted by atomic mass is 10.2. The lowest BCUT2D eigenvalue weighted by Gasteiger charge is -2.22. The van der Waals surface area contributed by atoms with Crippen molar-refractivity contribution in [3.05, 3.63) is 59.9 Å². The summed E-state index contributed by atoms with van der Waals surface area (Å²) < 4.78 is 28.5. The van der Waals surface area contributed by atoms with Crippen LogP contribution in [0.25, 0.3) is 11.0 Å². The highest BCUT2D eigenvalue weighted by Gasteiger charge is 2.22. The molecule has 0 aliphatic carbocycles. The zero-order chi connectivity index (χ0) is 20.4. The Bertz CT molecular complexity index is 999. The number of nitrogens with one attached hydrogen (secondary N) is 2. The molecule has 28 heavy (non-hydrogen) atoms. The maximum atomic E-state index is 13.3. The third kappa shape index (κ3) is 4.04. The number of anilines is 1. The summed E-state index contributed by atoms with van der Waals surface area (Å²) in [6, 6.07) is 10.6. The largest absolute Gasteiger partial charge is 0.325 e. The van der Waals surface area contributed by atoms with Gasteiger partial charge in [0, 0.05) is 17.8 Å². The molecule has 3 rings (SSSR count). The second kappa shape index (κ2) is 8.06. The Kier molecular flexibility index (Phi) is 5.74. The van der Waals surface area contributed by atoms with Crippen LogP contribution in [0.5, 0.6) is 0 Å². The van der Waals surface area contributed by atoms with Crippen molar-refractivity contribution in [1.29, 1.82) is 0 Å². The summed E-state index contributed by atoms with van der Waals surface area (Å²) in [7, 11) is 0. The van der Waals surface area contributed by atoms with Gasteiger partial charge in [-0.25, -0.2) is 13.8 Å². The van der Waals surface area contributed by atoms with Gasteiger partial charge < -0.3 is 9.88 Å². The molecule has 2 N–H and O–H groups in total. The molecule has 0 saturated heterocycles. The summed E-state index contributed by atoms with van der Waals surface area (Å²) in [5.41, 5.74) is 2.15. The lowest BCUT2D eigenvalue weighted by molar-refractivity contribution is -0.118. The molecular formula is C21H24F2N4O. The number of benzene rings is 2. The number of fused-ring (bicyclic) bond motifs is 1. The van der Waals surface area contributed by atoms with Crippen molar-refractivity contribution in [2.45, 2.75) is 45.8 Å². The molecule has 0 fully saturated rings. The fourth-order valence-corrected chi connectivity index (χ4v) is 3.26.